The Kier molecular flexibility index (Phi) is 5.53. The van der Waals surface area contributed by atoms with E-state index in [0.717, 1.165) is 21.7 Å². The Balaban J connectivity index is 1.56. The number of aromatic nitrogens is 1. The summed E-state index contributed by atoms with van der Waals surface area (Å²) in [4.78, 5) is 16.1. The van der Waals surface area contributed by atoms with Crippen LogP contribution < -0.4 is 5.32 Å². The predicted octanol–water partition coefficient (Wildman–Crippen LogP) is 5.78. The molecule has 1 aromatic carbocycles. The van der Waals surface area contributed by atoms with Gasteiger partial charge in [0.25, 0.3) is 0 Å². The number of hydrogen-bond donors (Lipinski definition) is 2. The first-order valence-electron chi connectivity index (χ1n) is 9.76. The van der Waals surface area contributed by atoms with Crippen LogP contribution in [0.3, 0.4) is 0 Å². The van der Waals surface area contributed by atoms with E-state index in [1.165, 1.54) is 37.7 Å². The molecule has 4 nitrogen and oxygen atoms in total. The van der Waals surface area contributed by atoms with Gasteiger partial charge in [-0.05, 0) is 60.6 Å². The van der Waals surface area contributed by atoms with Crippen molar-refractivity contribution in [2.24, 2.45) is 5.92 Å². The normalized spacial score (nSPS) is 16.5. The number of fused-ring (bicyclic) bond motifs is 1. The van der Waals surface area contributed by atoms with Crippen LogP contribution in [0.1, 0.15) is 55.8 Å². The molecule has 2 aromatic heterocycles. The number of rotatable bonds is 6. The van der Waals surface area contributed by atoms with Gasteiger partial charge in [0.05, 0.1) is 12.8 Å². The lowest BCUT2D eigenvalue weighted by atomic mass is 9.75. The van der Waals surface area contributed by atoms with Crippen LogP contribution in [0.25, 0.3) is 10.9 Å². The zero-order valence-electron chi connectivity index (χ0n) is 15.3. The summed E-state index contributed by atoms with van der Waals surface area (Å²) in [6.45, 7) is 0.433. The maximum atomic E-state index is 12.7. The maximum Gasteiger partial charge on any atom is 0.220 e. The van der Waals surface area contributed by atoms with Gasteiger partial charge in [-0.1, -0.05) is 30.9 Å². The zero-order valence-corrected chi connectivity index (χ0v) is 16.1. The van der Waals surface area contributed by atoms with Crippen molar-refractivity contribution in [3.63, 3.8) is 0 Å². The lowest BCUT2D eigenvalue weighted by Crippen LogP contribution is -2.27. The molecule has 1 amide bonds. The highest BCUT2D eigenvalue weighted by molar-refractivity contribution is 6.31. The molecule has 0 bridgehead atoms. The summed E-state index contributed by atoms with van der Waals surface area (Å²) in [6.07, 6.45) is 10.4. The number of aromatic amines is 1. The van der Waals surface area contributed by atoms with Gasteiger partial charge >= 0.3 is 0 Å². The van der Waals surface area contributed by atoms with Crippen molar-refractivity contribution in [3.8, 4) is 0 Å². The maximum absolute atomic E-state index is 12.7. The number of nitrogens with one attached hydrogen (secondary N) is 2. The summed E-state index contributed by atoms with van der Waals surface area (Å²) < 4.78 is 5.31. The lowest BCUT2D eigenvalue weighted by molar-refractivity contribution is -0.122. The molecule has 27 heavy (non-hydrogen) atoms. The molecule has 1 aliphatic carbocycles. The van der Waals surface area contributed by atoms with Crippen LogP contribution in [0.2, 0.25) is 5.02 Å². The molecule has 1 saturated carbocycles. The molecule has 0 aliphatic heterocycles. The number of benzene rings is 1. The van der Waals surface area contributed by atoms with Gasteiger partial charge in [0, 0.05) is 28.5 Å². The van der Waals surface area contributed by atoms with Crippen LogP contribution in [-0.4, -0.2) is 10.9 Å². The van der Waals surface area contributed by atoms with E-state index in [-0.39, 0.29) is 11.8 Å². The largest absolute Gasteiger partial charge is 0.467 e. The van der Waals surface area contributed by atoms with E-state index in [2.05, 4.69) is 16.5 Å². The highest BCUT2D eigenvalue weighted by atomic mass is 35.5. The Labute approximate surface area is 164 Å². The predicted molar refractivity (Wildman–Crippen MR) is 108 cm³/mol. The first-order chi connectivity index (χ1) is 13.2. The molecule has 0 saturated heterocycles. The first-order valence-corrected chi connectivity index (χ1v) is 10.1. The van der Waals surface area contributed by atoms with Gasteiger partial charge in [-0.3, -0.25) is 4.79 Å². The fraction of sp³-hybridized carbons (Fsp3) is 0.409. The number of carbonyl (C=O) groups excluding carboxylic acids is 1. The summed E-state index contributed by atoms with van der Waals surface area (Å²) in [5.41, 5.74) is 2.29. The average molecular weight is 385 g/mol. The smallest absolute Gasteiger partial charge is 0.220 e. The third kappa shape index (κ3) is 4.22. The van der Waals surface area contributed by atoms with Crippen LogP contribution >= 0.6 is 11.6 Å². The molecule has 3 aromatic rings. The van der Waals surface area contributed by atoms with E-state index in [9.17, 15) is 4.79 Å². The number of amides is 1. The number of hydrogen-bond acceptors (Lipinski definition) is 2. The SMILES string of the molecule is O=C(C[C@H](c1c[nH]c2ccc(Cl)cc12)C1CCCCC1)NCc1ccco1. The molecule has 2 heterocycles. The van der Waals surface area contributed by atoms with E-state index in [1.54, 1.807) is 6.26 Å². The molecule has 0 radical (unpaired) electrons. The van der Waals surface area contributed by atoms with Gasteiger partial charge in [-0.25, -0.2) is 0 Å². The second-order valence-electron chi connectivity index (χ2n) is 7.50. The van der Waals surface area contributed by atoms with Gasteiger partial charge in [-0.15, -0.1) is 0 Å². The molecular weight excluding hydrogens is 360 g/mol. The summed E-state index contributed by atoms with van der Waals surface area (Å²) in [5.74, 6) is 1.58. The highest BCUT2D eigenvalue weighted by Crippen LogP contribution is 2.41. The molecule has 0 spiro atoms. The number of carbonyl (C=O) groups is 1. The molecule has 0 unspecified atom stereocenters. The molecular formula is C22H25ClN2O2. The van der Waals surface area contributed by atoms with Crippen LogP contribution in [0.4, 0.5) is 0 Å². The van der Waals surface area contributed by atoms with E-state index in [0.29, 0.717) is 18.9 Å². The number of H-pyrrole nitrogens is 1. The molecule has 1 aliphatic rings. The van der Waals surface area contributed by atoms with Crippen molar-refractivity contribution in [2.45, 2.75) is 51.0 Å². The van der Waals surface area contributed by atoms with Gasteiger partial charge in [0.1, 0.15) is 5.76 Å². The third-order valence-corrected chi connectivity index (χ3v) is 5.97. The van der Waals surface area contributed by atoms with Crippen LogP contribution in [0.15, 0.2) is 47.2 Å². The number of furan rings is 1. The Morgan fingerprint density at radius 2 is 2.11 bits per heavy atom. The van der Waals surface area contributed by atoms with Gasteiger partial charge < -0.3 is 14.7 Å². The van der Waals surface area contributed by atoms with Crippen molar-refractivity contribution in [1.29, 1.82) is 0 Å². The minimum absolute atomic E-state index is 0.0679. The molecule has 4 rings (SSSR count). The van der Waals surface area contributed by atoms with Crippen LogP contribution in [0, 0.1) is 5.92 Å². The third-order valence-electron chi connectivity index (χ3n) is 5.74. The van der Waals surface area contributed by atoms with E-state index in [1.807, 2.05) is 30.3 Å². The second kappa shape index (κ2) is 8.22. The fourth-order valence-corrected chi connectivity index (χ4v) is 4.53. The standard InChI is InChI=1S/C22H25ClN2O2/c23-16-8-9-21-19(11-16)20(14-24-21)18(15-5-2-1-3-6-15)12-22(26)25-13-17-7-4-10-27-17/h4,7-11,14-15,18,24H,1-3,5-6,12-13H2,(H,25,26)/t18-/m0/s1. The van der Waals surface area contributed by atoms with Gasteiger partial charge in [-0.2, -0.15) is 0 Å². The van der Waals surface area contributed by atoms with E-state index in [4.69, 9.17) is 16.0 Å². The Morgan fingerprint density at radius 3 is 2.89 bits per heavy atom. The molecule has 2 N–H and O–H groups in total. The second-order valence-corrected chi connectivity index (χ2v) is 7.94. The van der Waals surface area contributed by atoms with E-state index < -0.39 is 0 Å². The van der Waals surface area contributed by atoms with Crippen molar-refractivity contribution in [2.75, 3.05) is 0 Å². The first kappa shape index (κ1) is 18.2. The average Bonchev–Trinajstić information content (AvgIpc) is 3.35. The quantitative estimate of drug-likeness (QED) is 0.565. The minimum atomic E-state index is 0.0679. The van der Waals surface area contributed by atoms with Crippen LogP contribution in [-0.2, 0) is 11.3 Å². The van der Waals surface area contributed by atoms with Crippen molar-refractivity contribution >= 4 is 28.4 Å². The molecule has 1 fully saturated rings. The van der Waals surface area contributed by atoms with Crippen molar-refractivity contribution in [3.05, 3.63) is 59.1 Å². The van der Waals surface area contributed by atoms with Crippen molar-refractivity contribution < 1.29 is 9.21 Å². The van der Waals surface area contributed by atoms with Gasteiger partial charge in [0.15, 0.2) is 0 Å². The Bertz CT molecular complexity index is 894. The summed E-state index contributed by atoms with van der Waals surface area (Å²) in [6, 6.07) is 9.63. The highest BCUT2D eigenvalue weighted by Gasteiger charge is 2.29. The van der Waals surface area contributed by atoms with Crippen LogP contribution in [0.5, 0.6) is 0 Å². The monoisotopic (exact) mass is 384 g/mol. The van der Waals surface area contributed by atoms with E-state index >= 15 is 0 Å². The lowest BCUT2D eigenvalue weighted by Gasteiger charge is -2.30. The molecule has 1 atom stereocenters. The van der Waals surface area contributed by atoms with Crippen molar-refractivity contribution in [1.82, 2.24) is 10.3 Å². The summed E-state index contributed by atoms with van der Waals surface area (Å²) in [7, 11) is 0. The molecule has 5 heteroatoms. The topological polar surface area (TPSA) is 58.0 Å². The molecule has 142 valence electrons. The number of halogens is 1. The Hall–Kier alpha value is -2.20. The summed E-state index contributed by atoms with van der Waals surface area (Å²) >= 11 is 6.25. The zero-order chi connectivity index (χ0) is 18.6. The minimum Gasteiger partial charge on any atom is -0.467 e. The fourth-order valence-electron chi connectivity index (χ4n) is 4.36. The Morgan fingerprint density at radius 1 is 1.26 bits per heavy atom. The summed E-state index contributed by atoms with van der Waals surface area (Å²) in [5, 5.41) is 4.87. The van der Waals surface area contributed by atoms with Gasteiger partial charge in [0.2, 0.25) is 5.91 Å².